The Morgan fingerprint density at radius 3 is 1.83 bits per heavy atom. The van der Waals surface area contributed by atoms with Crippen LogP contribution in [0.25, 0.3) is 0 Å². The van der Waals surface area contributed by atoms with Gasteiger partial charge in [-0.05, 0) is 59.4 Å². The number of para-hydroxylation sites is 2. The van der Waals surface area contributed by atoms with Gasteiger partial charge in [0.15, 0.2) is 6.29 Å². The average molecular weight is 713 g/mol. The van der Waals surface area contributed by atoms with Gasteiger partial charge in [-0.15, -0.1) is 0 Å². The number of hydrogen-bond donors (Lipinski definition) is 4. The molecule has 1 fully saturated rings. The second-order valence-corrected chi connectivity index (χ2v) is 13.5. The maximum atomic E-state index is 12.7. The maximum absolute atomic E-state index is 12.7. The van der Waals surface area contributed by atoms with E-state index in [4.69, 9.17) is 15.2 Å². The van der Waals surface area contributed by atoms with Crippen LogP contribution in [0.5, 0.6) is 0 Å². The van der Waals surface area contributed by atoms with Gasteiger partial charge in [0, 0.05) is 50.1 Å². The zero-order chi connectivity index (χ0) is 36.8. The Hall–Kier alpha value is -5.32. The summed E-state index contributed by atoms with van der Waals surface area (Å²) >= 11 is 0. The molecule has 5 N–H and O–H groups in total. The quantitative estimate of drug-likeness (QED) is 0.0601. The highest BCUT2D eigenvalue weighted by atomic mass is 16.7. The normalized spacial score (nSPS) is 17.0. The van der Waals surface area contributed by atoms with Crippen LogP contribution in [0.4, 0.5) is 17.1 Å². The summed E-state index contributed by atoms with van der Waals surface area (Å²) in [5.41, 5.74) is 12.9. The Kier molecular flexibility index (Phi) is 13.4. The molecule has 9 heteroatoms. The van der Waals surface area contributed by atoms with Crippen molar-refractivity contribution in [2.75, 3.05) is 22.9 Å². The van der Waals surface area contributed by atoms with E-state index < -0.39 is 6.29 Å². The molecule has 0 aromatic heterocycles. The monoisotopic (exact) mass is 712 g/mol. The van der Waals surface area contributed by atoms with Crippen LogP contribution in [-0.4, -0.2) is 34.5 Å². The largest absolute Gasteiger partial charge is 0.397 e. The summed E-state index contributed by atoms with van der Waals surface area (Å²) in [4.78, 5) is 27.5. The predicted octanol–water partition coefficient (Wildman–Crippen LogP) is 8.15. The van der Waals surface area contributed by atoms with Gasteiger partial charge in [-0.3, -0.25) is 14.5 Å². The second kappa shape index (κ2) is 19.0. The van der Waals surface area contributed by atoms with Gasteiger partial charge in [0.2, 0.25) is 11.8 Å². The van der Waals surface area contributed by atoms with Crippen molar-refractivity contribution in [1.29, 1.82) is 0 Å². The smallest absolute Gasteiger partial charge is 0.224 e. The highest BCUT2D eigenvalue weighted by molar-refractivity contribution is 5.94. The van der Waals surface area contributed by atoms with Crippen LogP contribution in [0.1, 0.15) is 72.3 Å². The number of amides is 2. The Morgan fingerprint density at radius 2 is 1.23 bits per heavy atom. The molecule has 0 unspecified atom stereocenters. The molecule has 1 aliphatic rings. The molecule has 6 rings (SSSR count). The van der Waals surface area contributed by atoms with Crippen LogP contribution in [0, 0.1) is 0 Å². The fourth-order valence-electron chi connectivity index (χ4n) is 6.53. The van der Waals surface area contributed by atoms with Crippen molar-refractivity contribution in [2.24, 2.45) is 0 Å². The minimum atomic E-state index is -0.617. The molecule has 0 saturated carbocycles. The lowest BCUT2D eigenvalue weighted by molar-refractivity contribution is -0.253. The van der Waals surface area contributed by atoms with E-state index in [1.807, 2.05) is 72.8 Å². The average Bonchev–Trinajstić information content (AvgIpc) is 3.18. The zero-order valence-corrected chi connectivity index (χ0v) is 29.9. The molecule has 0 bridgehead atoms. The van der Waals surface area contributed by atoms with Gasteiger partial charge in [-0.2, -0.15) is 0 Å². The number of rotatable bonds is 16. The second-order valence-electron chi connectivity index (χ2n) is 13.5. The van der Waals surface area contributed by atoms with E-state index >= 15 is 0 Å². The Balaban J connectivity index is 1.08. The van der Waals surface area contributed by atoms with E-state index in [0.29, 0.717) is 55.7 Å². The first-order valence-corrected chi connectivity index (χ1v) is 18.3. The van der Waals surface area contributed by atoms with Gasteiger partial charge in [0.25, 0.3) is 0 Å². The predicted molar refractivity (Wildman–Crippen MR) is 208 cm³/mol. The van der Waals surface area contributed by atoms with E-state index in [1.165, 1.54) is 11.1 Å². The highest BCUT2D eigenvalue weighted by Gasteiger charge is 2.33. The molecule has 0 radical (unpaired) electrons. The summed E-state index contributed by atoms with van der Waals surface area (Å²) in [5.74, 6) is -0.239. The van der Waals surface area contributed by atoms with Crippen molar-refractivity contribution in [3.8, 4) is 0 Å². The summed E-state index contributed by atoms with van der Waals surface area (Å²) in [7, 11) is 0. The number of carbonyl (C=O) groups is 2. The number of unbranched alkanes of at least 4 members (excludes halogenated alkanes) is 1. The van der Waals surface area contributed by atoms with E-state index in [9.17, 15) is 14.7 Å². The van der Waals surface area contributed by atoms with Crippen molar-refractivity contribution in [2.45, 2.75) is 70.3 Å². The first kappa shape index (κ1) is 37.4. The molecule has 1 aliphatic heterocycles. The van der Waals surface area contributed by atoms with E-state index in [1.54, 1.807) is 12.1 Å². The van der Waals surface area contributed by atoms with Gasteiger partial charge < -0.3 is 30.9 Å². The molecule has 5 aromatic rings. The minimum absolute atomic E-state index is 0.0151. The van der Waals surface area contributed by atoms with Gasteiger partial charge in [-0.1, -0.05) is 109 Å². The molecule has 5 aromatic carbocycles. The number of benzene rings is 5. The molecular formula is C44H48N4O5. The number of anilines is 3. The van der Waals surface area contributed by atoms with E-state index in [-0.39, 0.29) is 30.6 Å². The summed E-state index contributed by atoms with van der Waals surface area (Å²) in [6, 6.07) is 43.6. The van der Waals surface area contributed by atoms with E-state index in [0.717, 1.165) is 29.8 Å². The summed E-state index contributed by atoms with van der Waals surface area (Å²) in [5, 5.41) is 15.4. The molecular weight excluding hydrogens is 665 g/mol. The molecule has 3 atom stereocenters. The Morgan fingerprint density at radius 1 is 0.660 bits per heavy atom. The molecule has 53 heavy (non-hydrogen) atoms. The third-order valence-corrected chi connectivity index (χ3v) is 9.33. The number of carbonyl (C=O) groups excluding carboxylic acids is 2. The lowest BCUT2D eigenvalue weighted by Gasteiger charge is -2.38. The summed E-state index contributed by atoms with van der Waals surface area (Å²) in [6.45, 7) is 2.24. The molecule has 274 valence electrons. The zero-order valence-electron chi connectivity index (χ0n) is 29.9. The van der Waals surface area contributed by atoms with Crippen LogP contribution in [-0.2, 0) is 38.8 Å². The van der Waals surface area contributed by atoms with Crippen LogP contribution >= 0.6 is 0 Å². The lowest BCUT2D eigenvalue weighted by atomic mass is 9.99. The van der Waals surface area contributed by atoms with Gasteiger partial charge in [0.05, 0.1) is 30.2 Å². The molecule has 0 spiro atoms. The van der Waals surface area contributed by atoms with Crippen LogP contribution in [0.15, 0.2) is 133 Å². The first-order valence-electron chi connectivity index (χ1n) is 18.3. The standard InChI is InChI=1S/C44H48N4O5/c45-39-15-7-8-16-40(39)47-43(51)18-10-9-17-42(50)46-37-25-23-36(24-26-37)44-52-38(27-41(53-44)35-21-19-34(31-49)20-22-35)30-48(28-32-11-3-1-4-12-32)29-33-13-5-2-6-14-33/h1-8,11-16,19-26,38,41,44,49H,9-10,17-18,27-31,45H2,(H,46,50)(H,47,51)/t38-,41+,44+/m0/s1. The minimum Gasteiger partial charge on any atom is -0.397 e. The topological polar surface area (TPSA) is 126 Å². The molecule has 2 amide bonds. The Labute approximate surface area is 311 Å². The number of nitrogens with zero attached hydrogens (tertiary/aromatic N) is 1. The first-order chi connectivity index (χ1) is 25.9. The number of nitrogens with two attached hydrogens (primary N) is 1. The molecule has 1 saturated heterocycles. The summed E-state index contributed by atoms with van der Waals surface area (Å²) in [6.07, 6.45) is 1.49. The van der Waals surface area contributed by atoms with Crippen molar-refractivity contribution in [3.05, 3.63) is 161 Å². The van der Waals surface area contributed by atoms with Gasteiger partial charge in [0.1, 0.15) is 0 Å². The number of nitrogen functional groups attached to an aromatic ring is 1. The number of hydrogen-bond acceptors (Lipinski definition) is 7. The number of aliphatic hydroxyl groups is 1. The van der Waals surface area contributed by atoms with Gasteiger partial charge >= 0.3 is 0 Å². The molecule has 1 heterocycles. The molecule has 0 aliphatic carbocycles. The fourth-order valence-corrected chi connectivity index (χ4v) is 6.53. The third-order valence-electron chi connectivity index (χ3n) is 9.33. The SMILES string of the molecule is Nc1ccccc1NC(=O)CCCCC(=O)Nc1ccc([C@@H]2O[C@H](CN(Cc3ccccc3)Cc3ccccc3)C[C@H](c3ccc(CO)cc3)O2)cc1. The number of ether oxygens (including phenoxy) is 2. The fraction of sp³-hybridized carbons (Fsp3) is 0.273. The van der Waals surface area contributed by atoms with Crippen LogP contribution in [0.3, 0.4) is 0 Å². The van der Waals surface area contributed by atoms with Crippen molar-refractivity contribution in [1.82, 2.24) is 4.90 Å². The van der Waals surface area contributed by atoms with Crippen molar-refractivity contribution < 1.29 is 24.2 Å². The molecule has 9 nitrogen and oxygen atoms in total. The number of nitrogens with one attached hydrogen (secondary N) is 2. The number of aliphatic hydroxyl groups excluding tert-OH is 1. The van der Waals surface area contributed by atoms with Crippen LogP contribution in [0.2, 0.25) is 0 Å². The van der Waals surface area contributed by atoms with Crippen LogP contribution < -0.4 is 16.4 Å². The maximum Gasteiger partial charge on any atom is 0.224 e. The lowest BCUT2D eigenvalue weighted by Crippen LogP contribution is -2.39. The van der Waals surface area contributed by atoms with Crippen molar-refractivity contribution in [3.63, 3.8) is 0 Å². The highest BCUT2D eigenvalue weighted by Crippen LogP contribution is 2.38. The third kappa shape index (κ3) is 11.3. The van der Waals surface area contributed by atoms with E-state index in [2.05, 4.69) is 64.1 Å². The van der Waals surface area contributed by atoms with Crippen molar-refractivity contribution >= 4 is 28.9 Å². The summed E-state index contributed by atoms with van der Waals surface area (Å²) < 4.78 is 13.3. The Bertz CT molecular complexity index is 1850. The van der Waals surface area contributed by atoms with Gasteiger partial charge in [-0.25, -0.2) is 0 Å².